The van der Waals surface area contributed by atoms with Crippen molar-refractivity contribution >= 4 is 45.7 Å². The van der Waals surface area contributed by atoms with Gasteiger partial charge < -0.3 is 9.47 Å². The molecule has 0 bridgehead atoms. The second-order valence-electron chi connectivity index (χ2n) is 8.78. The van der Waals surface area contributed by atoms with Gasteiger partial charge in [0.1, 0.15) is 0 Å². The molecule has 0 spiro atoms. The molecule has 0 saturated heterocycles. The van der Waals surface area contributed by atoms with Crippen LogP contribution in [0.25, 0.3) is 11.8 Å². The Kier molecular flexibility index (Phi) is 6.05. The van der Waals surface area contributed by atoms with E-state index in [-0.39, 0.29) is 11.6 Å². The fraction of sp³-hybridized carbons (Fsp3) is 0.172. The zero-order valence-corrected chi connectivity index (χ0v) is 22.8. The number of hydrogen-bond acceptors (Lipinski definition) is 5. The van der Waals surface area contributed by atoms with Crippen LogP contribution in [-0.4, -0.2) is 18.8 Å². The summed E-state index contributed by atoms with van der Waals surface area (Å²) >= 11 is 3.73. The van der Waals surface area contributed by atoms with Gasteiger partial charge in [0.25, 0.3) is 5.56 Å². The van der Waals surface area contributed by atoms with Crippen molar-refractivity contribution in [3.8, 4) is 11.5 Å². The van der Waals surface area contributed by atoms with Gasteiger partial charge in [-0.15, -0.1) is 0 Å². The smallest absolute Gasteiger partial charge is 0.271 e. The first-order chi connectivity index (χ1) is 17.6. The lowest BCUT2D eigenvalue weighted by molar-refractivity contribution is 0.354. The number of allylic oxidation sites excluding steroid dienone is 1. The fourth-order valence-corrected chi connectivity index (χ4v) is 6.42. The van der Waals surface area contributed by atoms with E-state index in [4.69, 9.17) is 14.5 Å². The number of hydrogen-bond donors (Lipinski definition) is 0. The van der Waals surface area contributed by atoms with E-state index < -0.39 is 0 Å². The van der Waals surface area contributed by atoms with Crippen molar-refractivity contribution in [3.05, 3.63) is 118 Å². The molecule has 3 aromatic carbocycles. The standard InChI is InChI=1S/C29H23IN2O3S/c1-34-23-14-10-19(16-24(23)35-2)27-22-13-9-18-5-3-4-6-21(18)26(22)31-29-32(27)28(33)25(36-29)15-17-7-11-20(30)12-8-17/h3-8,10-12,14-16,27H,9,13H2,1-2H3/b25-15-/t27-/m1/s1. The summed E-state index contributed by atoms with van der Waals surface area (Å²) < 4.78 is 14.8. The SMILES string of the molecule is COc1ccc([C@@H]2C3=C(N=c4s/c(=C\c5ccc(I)cc5)c(=O)n42)c2ccccc2CC3)cc1OC. The van der Waals surface area contributed by atoms with E-state index in [9.17, 15) is 4.79 Å². The molecular formula is C29H23IN2O3S. The van der Waals surface area contributed by atoms with Gasteiger partial charge in [-0.2, -0.15) is 0 Å². The van der Waals surface area contributed by atoms with Crippen LogP contribution in [0.3, 0.4) is 0 Å². The highest BCUT2D eigenvalue weighted by atomic mass is 127. The largest absolute Gasteiger partial charge is 0.493 e. The van der Waals surface area contributed by atoms with Gasteiger partial charge in [-0.3, -0.25) is 9.36 Å². The number of halogens is 1. The number of fused-ring (bicyclic) bond motifs is 3. The average molecular weight is 606 g/mol. The maximum Gasteiger partial charge on any atom is 0.271 e. The van der Waals surface area contributed by atoms with Crippen molar-refractivity contribution < 1.29 is 9.47 Å². The minimum absolute atomic E-state index is 0.0255. The molecule has 0 amide bonds. The van der Waals surface area contributed by atoms with Gasteiger partial charge in [-0.25, -0.2) is 4.99 Å². The molecular weight excluding hydrogens is 583 g/mol. The summed E-state index contributed by atoms with van der Waals surface area (Å²) in [5, 5.41) is 0. The first-order valence-electron chi connectivity index (χ1n) is 11.7. The van der Waals surface area contributed by atoms with Gasteiger partial charge >= 0.3 is 0 Å². The van der Waals surface area contributed by atoms with Crippen LogP contribution in [0.5, 0.6) is 11.5 Å². The van der Waals surface area contributed by atoms with Crippen LogP contribution in [0.15, 0.2) is 82.1 Å². The summed E-state index contributed by atoms with van der Waals surface area (Å²) in [7, 11) is 3.26. The van der Waals surface area contributed by atoms with E-state index >= 15 is 0 Å². The number of nitrogens with zero attached hydrogens (tertiary/aromatic N) is 2. The van der Waals surface area contributed by atoms with Crippen LogP contribution < -0.4 is 24.4 Å². The van der Waals surface area contributed by atoms with Gasteiger partial charge in [-0.05, 0) is 88.0 Å². The van der Waals surface area contributed by atoms with Crippen molar-refractivity contribution in [2.24, 2.45) is 4.99 Å². The molecule has 1 aliphatic carbocycles. The Morgan fingerprint density at radius 2 is 1.78 bits per heavy atom. The Morgan fingerprint density at radius 1 is 1.00 bits per heavy atom. The molecule has 4 aromatic rings. The third kappa shape index (κ3) is 3.90. The molecule has 36 heavy (non-hydrogen) atoms. The van der Waals surface area contributed by atoms with E-state index in [2.05, 4.69) is 46.9 Å². The molecule has 2 aliphatic rings. The van der Waals surface area contributed by atoms with Crippen LogP contribution in [0.4, 0.5) is 0 Å². The molecule has 0 unspecified atom stereocenters. The predicted octanol–water partition coefficient (Wildman–Crippen LogP) is 4.94. The number of methoxy groups -OCH3 is 2. The molecule has 7 heteroatoms. The lowest BCUT2D eigenvalue weighted by atomic mass is 9.83. The zero-order chi connectivity index (χ0) is 24.8. The highest BCUT2D eigenvalue weighted by molar-refractivity contribution is 14.1. The predicted molar refractivity (Wildman–Crippen MR) is 151 cm³/mol. The van der Waals surface area contributed by atoms with E-state index in [1.54, 1.807) is 14.2 Å². The monoisotopic (exact) mass is 606 g/mol. The maximum atomic E-state index is 13.9. The number of aromatic nitrogens is 1. The Labute approximate surface area is 226 Å². The summed E-state index contributed by atoms with van der Waals surface area (Å²) in [6.45, 7) is 0. The molecule has 0 N–H and O–H groups in total. The Hall–Kier alpha value is -3.17. The highest BCUT2D eigenvalue weighted by Gasteiger charge is 2.33. The Bertz CT molecular complexity index is 1700. The Balaban J connectivity index is 1.62. The Morgan fingerprint density at radius 3 is 2.56 bits per heavy atom. The van der Waals surface area contributed by atoms with Crippen LogP contribution in [-0.2, 0) is 6.42 Å². The van der Waals surface area contributed by atoms with Crippen LogP contribution >= 0.6 is 33.9 Å². The van der Waals surface area contributed by atoms with Crippen LogP contribution in [0.2, 0.25) is 0 Å². The van der Waals surface area contributed by atoms with Gasteiger partial charge in [-0.1, -0.05) is 53.8 Å². The third-order valence-electron chi connectivity index (χ3n) is 6.76. The third-order valence-corrected chi connectivity index (χ3v) is 8.47. The van der Waals surface area contributed by atoms with Gasteiger partial charge in [0, 0.05) is 9.13 Å². The molecule has 0 radical (unpaired) electrons. The fourth-order valence-electron chi connectivity index (χ4n) is 5.06. The van der Waals surface area contributed by atoms with Crippen molar-refractivity contribution in [1.82, 2.24) is 4.57 Å². The number of benzene rings is 3. The summed E-state index contributed by atoms with van der Waals surface area (Å²) in [5.41, 5.74) is 6.55. The molecule has 1 aromatic heterocycles. The first kappa shape index (κ1) is 23.2. The number of thiazole rings is 1. The van der Waals surface area contributed by atoms with E-state index in [1.165, 1.54) is 16.9 Å². The second-order valence-corrected chi connectivity index (χ2v) is 11.0. The summed E-state index contributed by atoms with van der Waals surface area (Å²) in [6.07, 6.45) is 3.72. The number of ether oxygens (including phenoxy) is 2. The highest BCUT2D eigenvalue weighted by Crippen LogP contribution is 2.42. The number of rotatable bonds is 4. The molecule has 1 atom stereocenters. The molecule has 1 aliphatic heterocycles. The minimum Gasteiger partial charge on any atom is -0.493 e. The normalized spacial score (nSPS) is 16.6. The van der Waals surface area contributed by atoms with Crippen molar-refractivity contribution in [1.29, 1.82) is 0 Å². The van der Waals surface area contributed by atoms with E-state index in [1.807, 2.05) is 53.1 Å². The minimum atomic E-state index is -0.261. The molecule has 0 fully saturated rings. The molecule has 180 valence electrons. The van der Waals surface area contributed by atoms with E-state index in [0.29, 0.717) is 20.8 Å². The van der Waals surface area contributed by atoms with Crippen LogP contribution in [0.1, 0.15) is 34.7 Å². The molecule has 6 rings (SSSR count). The lowest BCUT2D eigenvalue weighted by Crippen LogP contribution is -2.38. The lowest BCUT2D eigenvalue weighted by Gasteiger charge is -2.31. The maximum absolute atomic E-state index is 13.9. The molecule has 2 heterocycles. The van der Waals surface area contributed by atoms with Gasteiger partial charge in [0.15, 0.2) is 16.3 Å². The summed E-state index contributed by atoms with van der Waals surface area (Å²) in [4.78, 5) is 19.7. The van der Waals surface area contributed by atoms with Crippen molar-refractivity contribution in [2.45, 2.75) is 18.9 Å². The zero-order valence-electron chi connectivity index (χ0n) is 19.8. The molecule has 0 saturated carbocycles. The second kappa shape index (κ2) is 9.37. The van der Waals surface area contributed by atoms with E-state index in [0.717, 1.165) is 44.4 Å². The van der Waals surface area contributed by atoms with Crippen molar-refractivity contribution in [2.75, 3.05) is 14.2 Å². The topological polar surface area (TPSA) is 52.8 Å². The quantitative estimate of drug-likeness (QED) is 0.310. The first-order valence-corrected chi connectivity index (χ1v) is 13.6. The summed E-state index contributed by atoms with van der Waals surface area (Å²) in [6, 6.07) is 22.3. The molecule has 5 nitrogen and oxygen atoms in total. The van der Waals surface area contributed by atoms with Gasteiger partial charge in [0.05, 0.1) is 30.5 Å². The average Bonchev–Trinajstić information content (AvgIpc) is 3.22. The summed E-state index contributed by atoms with van der Waals surface area (Å²) in [5.74, 6) is 1.31. The van der Waals surface area contributed by atoms with Gasteiger partial charge in [0.2, 0.25) is 0 Å². The number of aryl methyl sites for hydroxylation is 1. The van der Waals surface area contributed by atoms with Crippen molar-refractivity contribution in [3.63, 3.8) is 0 Å². The van der Waals surface area contributed by atoms with Crippen LogP contribution in [0, 0.1) is 3.57 Å².